The Morgan fingerprint density at radius 1 is 1.06 bits per heavy atom. The van der Waals surface area contributed by atoms with Gasteiger partial charge in [-0.3, -0.25) is 4.79 Å². The molecule has 8 heteroatoms. The highest BCUT2D eigenvalue weighted by Gasteiger charge is 2.14. The van der Waals surface area contributed by atoms with E-state index in [-0.39, 0.29) is 5.82 Å². The van der Waals surface area contributed by atoms with Crippen molar-refractivity contribution in [1.29, 1.82) is 0 Å². The zero-order valence-corrected chi connectivity index (χ0v) is 17.5. The van der Waals surface area contributed by atoms with Crippen molar-refractivity contribution < 1.29 is 9.18 Å². The average Bonchev–Trinajstić information content (AvgIpc) is 3.38. The number of aromatic nitrogens is 5. The Morgan fingerprint density at radius 2 is 1.88 bits per heavy atom. The van der Waals surface area contributed by atoms with E-state index in [4.69, 9.17) is 4.98 Å². The second kappa shape index (κ2) is 7.73. The fraction of sp³-hybridized carbons (Fsp3) is 0.0833. The van der Waals surface area contributed by atoms with Crippen LogP contribution in [0.25, 0.3) is 28.1 Å². The molecule has 0 radical (unpaired) electrons. The number of halogens is 1. The lowest BCUT2D eigenvalue weighted by Gasteiger charge is -2.10. The summed E-state index contributed by atoms with van der Waals surface area (Å²) in [5.74, 6) is 1.08. The SMILES string of the molecule is Cc1ncn(-c2ccc(Nc3cccc4c3nc(-c3ccc(F)cc3)n4C)cc2C=O)n1. The van der Waals surface area contributed by atoms with E-state index in [1.165, 1.54) is 12.1 Å². The molecule has 0 saturated carbocycles. The molecule has 0 amide bonds. The molecule has 2 aromatic heterocycles. The zero-order valence-electron chi connectivity index (χ0n) is 17.5. The summed E-state index contributed by atoms with van der Waals surface area (Å²) in [6.45, 7) is 1.79. The largest absolute Gasteiger partial charge is 0.354 e. The molecule has 5 aromatic rings. The van der Waals surface area contributed by atoms with E-state index < -0.39 is 0 Å². The van der Waals surface area contributed by atoms with Crippen LogP contribution in [0.1, 0.15) is 16.2 Å². The molecule has 0 aliphatic heterocycles. The third kappa shape index (κ3) is 3.41. The van der Waals surface area contributed by atoms with Gasteiger partial charge in [-0.05, 0) is 61.5 Å². The van der Waals surface area contributed by atoms with Gasteiger partial charge >= 0.3 is 0 Å². The smallest absolute Gasteiger partial charge is 0.152 e. The molecule has 0 unspecified atom stereocenters. The molecule has 0 saturated heterocycles. The molecule has 32 heavy (non-hydrogen) atoms. The molecule has 1 N–H and O–H groups in total. The standard InChI is InChI=1S/C24H19FN6O/c1-15-26-14-31(29-15)21-11-10-19(12-17(21)13-32)27-20-4-3-5-22-23(20)28-24(30(22)2)16-6-8-18(25)9-7-16/h3-14,27H,1-2H3. The first-order valence-electron chi connectivity index (χ1n) is 10.00. The molecular formula is C24H19FN6O. The van der Waals surface area contributed by atoms with Crippen molar-refractivity contribution in [3.63, 3.8) is 0 Å². The van der Waals surface area contributed by atoms with Crippen LogP contribution in [0.2, 0.25) is 0 Å². The highest BCUT2D eigenvalue weighted by molar-refractivity contribution is 5.93. The number of benzene rings is 3. The van der Waals surface area contributed by atoms with Crippen LogP contribution in [0.15, 0.2) is 67.0 Å². The summed E-state index contributed by atoms with van der Waals surface area (Å²) < 4.78 is 16.9. The van der Waals surface area contributed by atoms with Gasteiger partial charge in [0.15, 0.2) is 6.29 Å². The maximum atomic E-state index is 13.3. The number of anilines is 2. The molecule has 0 bridgehead atoms. The van der Waals surface area contributed by atoms with Gasteiger partial charge in [-0.25, -0.2) is 19.0 Å². The van der Waals surface area contributed by atoms with Crippen molar-refractivity contribution in [3.05, 3.63) is 84.2 Å². The van der Waals surface area contributed by atoms with Crippen molar-refractivity contribution in [2.24, 2.45) is 7.05 Å². The fourth-order valence-corrected chi connectivity index (χ4v) is 3.73. The fourth-order valence-electron chi connectivity index (χ4n) is 3.73. The highest BCUT2D eigenvalue weighted by atomic mass is 19.1. The average molecular weight is 426 g/mol. The summed E-state index contributed by atoms with van der Waals surface area (Å²) in [6, 6.07) is 17.6. The van der Waals surface area contributed by atoms with Crippen LogP contribution >= 0.6 is 0 Å². The lowest BCUT2D eigenvalue weighted by Crippen LogP contribution is -2.01. The van der Waals surface area contributed by atoms with Gasteiger partial charge in [-0.15, -0.1) is 0 Å². The Kier molecular flexibility index (Phi) is 4.74. The maximum Gasteiger partial charge on any atom is 0.152 e. The first-order chi connectivity index (χ1) is 15.5. The monoisotopic (exact) mass is 426 g/mol. The maximum absolute atomic E-state index is 13.3. The topological polar surface area (TPSA) is 77.6 Å². The lowest BCUT2D eigenvalue weighted by molar-refractivity contribution is 0.112. The number of fused-ring (bicyclic) bond motifs is 1. The van der Waals surface area contributed by atoms with E-state index in [1.807, 2.05) is 41.9 Å². The number of rotatable bonds is 5. The minimum atomic E-state index is -0.287. The van der Waals surface area contributed by atoms with Crippen LogP contribution in [0.4, 0.5) is 15.8 Å². The van der Waals surface area contributed by atoms with E-state index in [2.05, 4.69) is 15.4 Å². The summed E-state index contributed by atoms with van der Waals surface area (Å²) in [7, 11) is 1.93. The molecule has 0 aliphatic rings. The Labute approximate surface area is 183 Å². The van der Waals surface area contributed by atoms with Crippen molar-refractivity contribution in [2.75, 3.05) is 5.32 Å². The molecule has 0 spiro atoms. The minimum absolute atomic E-state index is 0.287. The lowest BCUT2D eigenvalue weighted by atomic mass is 10.1. The van der Waals surface area contributed by atoms with E-state index in [1.54, 1.807) is 36.1 Å². The van der Waals surface area contributed by atoms with Crippen molar-refractivity contribution in [1.82, 2.24) is 24.3 Å². The predicted octanol–water partition coefficient (Wildman–Crippen LogP) is 4.82. The number of para-hydroxylation sites is 1. The second-order valence-electron chi connectivity index (χ2n) is 7.43. The van der Waals surface area contributed by atoms with Gasteiger partial charge in [0.05, 0.1) is 16.9 Å². The quantitative estimate of drug-likeness (QED) is 0.408. The number of carbonyl (C=O) groups excluding carboxylic acids is 1. The molecule has 3 aromatic carbocycles. The van der Waals surface area contributed by atoms with E-state index in [0.29, 0.717) is 17.1 Å². The Bertz CT molecular complexity index is 1450. The summed E-state index contributed by atoms with van der Waals surface area (Å²) in [5.41, 5.74) is 5.21. The van der Waals surface area contributed by atoms with Crippen molar-refractivity contribution in [3.8, 4) is 17.1 Å². The number of carbonyl (C=O) groups is 1. The van der Waals surface area contributed by atoms with Gasteiger partial charge in [0.1, 0.15) is 29.3 Å². The number of aryl methyl sites for hydroxylation is 2. The van der Waals surface area contributed by atoms with Crippen molar-refractivity contribution >= 4 is 28.7 Å². The normalized spacial score (nSPS) is 11.1. The van der Waals surface area contributed by atoms with Gasteiger partial charge in [0.25, 0.3) is 0 Å². The van der Waals surface area contributed by atoms with E-state index in [0.717, 1.165) is 40.1 Å². The molecule has 2 heterocycles. The number of aldehydes is 1. The number of nitrogens with zero attached hydrogens (tertiary/aromatic N) is 5. The second-order valence-corrected chi connectivity index (χ2v) is 7.43. The summed E-state index contributed by atoms with van der Waals surface area (Å²) >= 11 is 0. The van der Waals surface area contributed by atoms with Gasteiger partial charge in [-0.2, -0.15) is 5.10 Å². The van der Waals surface area contributed by atoms with Crippen LogP contribution in [0.3, 0.4) is 0 Å². The molecular weight excluding hydrogens is 407 g/mol. The van der Waals surface area contributed by atoms with Crippen molar-refractivity contribution in [2.45, 2.75) is 6.92 Å². The summed E-state index contributed by atoms with van der Waals surface area (Å²) in [6.07, 6.45) is 2.38. The molecule has 0 atom stereocenters. The third-order valence-corrected chi connectivity index (χ3v) is 5.30. The van der Waals surface area contributed by atoms with Crippen LogP contribution in [0, 0.1) is 12.7 Å². The number of imidazole rings is 1. The summed E-state index contributed by atoms with van der Waals surface area (Å²) in [5, 5.41) is 7.65. The van der Waals surface area contributed by atoms with Crippen LogP contribution < -0.4 is 5.32 Å². The Morgan fingerprint density at radius 3 is 2.59 bits per heavy atom. The molecule has 7 nitrogen and oxygen atoms in total. The van der Waals surface area contributed by atoms with Gasteiger partial charge in [0, 0.05) is 23.9 Å². The molecule has 0 fully saturated rings. The molecule has 5 rings (SSSR count). The molecule has 158 valence electrons. The van der Waals surface area contributed by atoms with Crippen LogP contribution in [-0.2, 0) is 7.05 Å². The Balaban J connectivity index is 1.54. The highest BCUT2D eigenvalue weighted by Crippen LogP contribution is 2.31. The predicted molar refractivity (Wildman–Crippen MR) is 121 cm³/mol. The first-order valence-corrected chi connectivity index (χ1v) is 10.00. The third-order valence-electron chi connectivity index (χ3n) is 5.30. The number of hydrogen-bond donors (Lipinski definition) is 1. The van der Waals surface area contributed by atoms with E-state index in [9.17, 15) is 9.18 Å². The minimum Gasteiger partial charge on any atom is -0.354 e. The van der Waals surface area contributed by atoms with Gasteiger partial charge in [-0.1, -0.05) is 6.07 Å². The van der Waals surface area contributed by atoms with Gasteiger partial charge in [0.2, 0.25) is 0 Å². The van der Waals surface area contributed by atoms with Crippen LogP contribution in [0.5, 0.6) is 0 Å². The Hall–Kier alpha value is -4.33. The number of nitrogens with one attached hydrogen (secondary N) is 1. The summed E-state index contributed by atoms with van der Waals surface area (Å²) in [4.78, 5) is 20.6. The van der Waals surface area contributed by atoms with E-state index >= 15 is 0 Å². The number of hydrogen-bond acceptors (Lipinski definition) is 5. The molecule has 0 aliphatic carbocycles. The first kappa shape index (κ1) is 19.6. The van der Waals surface area contributed by atoms with Gasteiger partial charge < -0.3 is 9.88 Å². The zero-order chi connectivity index (χ0) is 22.2. The van der Waals surface area contributed by atoms with Crippen LogP contribution in [-0.4, -0.2) is 30.6 Å².